The molecular weight excluding hydrogens is 246 g/mol. The van der Waals surface area contributed by atoms with E-state index < -0.39 is 0 Å². The van der Waals surface area contributed by atoms with Crippen molar-refractivity contribution in [1.29, 1.82) is 0 Å². The fourth-order valence-electron chi connectivity index (χ4n) is 2.03. The minimum absolute atomic E-state index is 0.0481. The van der Waals surface area contributed by atoms with Crippen LogP contribution in [0.15, 0.2) is 29.6 Å². The number of nitrogens with two attached hydrogens (primary N) is 1. The first-order valence-electron chi connectivity index (χ1n) is 5.81. The van der Waals surface area contributed by atoms with E-state index in [1.807, 2.05) is 18.3 Å². The Morgan fingerprint density at radius 3 is 3.00 bits per heavy atom. The van der Waals surface area contributed by atoms with Crippen LogP contribution < -0.4 is 5.73 Å². The fourth-order valence-corrected chi connectivity index (χ4v) is 2.03. The molecule has 1 heterocycles. The van der Waals surface area contributed by atoms with Crippen molar-refractivity contribution in [1.82, 2.24) is 4.98 Å². The third-order valence-corrected chi connectivity index (χ3v) is 3.01. The number of rotatable bonds is 4. The minimum atomic E-state index is -0.248. The van der Waals surface area contributed by atoms with Crippen LogP contribution in [0, 0.1) is 0 Å². The van der Waals surface area contributed by atoms with E-state index in [4.69, 9.17) is 10.9 Å². The van der Waals surface area contributed by atoms with Gasteiger partial charge in [-0.1, -0.05) is 17.3 Å². The van der Waals surface area contributed by atoms with Crippen molar-refractivity contribution in [2.45, 2.75) is 12.8 Å². The van der Waals surface area contributed by atoms with E-state index in [0.29, 0.717) is 18.4 Å². The number of aromatic amines is 1. The van der Waals surface area contributed by atoms with Gasteiger partial charge in [0.05, 0.1) is 12.6 Å². The number of esters is 1. The number of H-pyrrole nitrogens is 1. The van der Waals surface area contributed by atoms with Crippen molar-refractivity contribution in [2.24, 2.45) is 10.9 Å². The summed E-state index contributed by atoms with van der Waals surface area (Å²) >= 11 is 0. The topological polar surface area (TPSA) is 101 Å². The van der Waals surface area contributed by atoms with Crippen LogP contribution in [0.25, 0.3) is 10.9 Å². The predicted octanol–water partition coefficient (Wildman–Crippen LogP) is 1.37. The van der Waals surface area contributed by atoms with Gasteiger partial charge in [0.15, 0.2) is 5.84 Å². The predicted molar refractivity (Wildman–Crippen MR) is 71.1 cm³/mol. The van der Waals surface area contributed by atoms with E-state index >= 15 is 0 Å². The van der Waals surface area contributed by atoms with Gasteiger partial charge in [0.1, 0.15) is 0 Å². The zero-order chi connectivity index (χ0) is 13.8. The highest BCUT2D eigenvalue weighted by molar-refractivity contribution is 6.08. The van der Waals surface area contributed by atoms with Gasteiger partial charge in [-0.05, 0) is 18.1 Å². The lowest BCUT2D eigenvalue weighted by molar-refractivity contribution is -0.140. The molecule has 0 radical (unpaired) electrons. The lowest BCUT2D eigenvalue weighted by Gasteiger charge is -2.02. The smallest absolute Gasteiger partial charge is 0.305 e. The van der Waals surface area contributed by atoms with Crippen molar-refractivity contribution in [3.05, 3.63) is 35.5 Å². The van der Waals surface area contributed by atoms with Gasteiger partial charge < -0.3 is 20.7 Å². The number of nitrogens with one attached hydrogen (secondary N) is 1. The summed E-state index contributed by atoms with van der Waals surface area (Å²) in [7, 11) is 1.37. The van der Waals surface area contributed by atoms with E-state index in [1.165, 1.54) is 7.11 Å². The maximum absolute atomic E-state index is 11.2. The van der Waals surface area contributed by atoms with E-state index in [9.17, 15) is 4.79 Å². The Hall–Kier alpha value is -2.50. The number of hydrogen-bond donors (Lipinski definition) is 3. The lowest BCUT2D eigenvalue weighted by atomic mass is 10.1. The van der Waals surface area contributed by atoms with E-state index in [0.717, 1.165) is 16.5 Å². The molecular formula is C13H15N3O3. The number of fused-ring (bicyclic) bond motifs is 1. The SMILES string of the molecule is COC(=O)CCc1c[nH]c2c(C(N)=NO)cccc12. The van der Waals surface area contributed by atoms with Gasteiger partial charge in [-0.15, -0.1) is 0 Å². The number of carbonyl (C=O) groups excluding carboxylic acids is 1. The van der Waals surface area contributed by atoms with Crippen LogP contribution in [-0.2, 0) is 16.0 Å². The molecule has 2 aromatic rings. The summed E-state index contributed by atoms with van der Waals surface area (Å²) in [6, 6.07) is 5.51. The van der Waals surface area contributed by atoms with Crippen molar-refractivity contribution >= 4 is 22.7 Å². The fraction of sp³-hybridized carbons (Fsp3) is 0.231. The molecule has 0 bridgehead atoms. The number of methoxy groups -OCH3 is 1. The van der Waals surface area contributed by atoms with Gasteiger partial charge >= 0.3 is 5.97 Å². The summed E-state index contributed by atoms with van der Waals surface area (Å²) < 4.78 is 4.62. The number of benzene rings is 1. The molecule has 6 nitrogen and oxygen atoms in total. The maximum atomic E-state index is 11.2. The first-order chi connectivity index (χ1) is 9.17. The second-order valence-electron chi connectivity index (χ2n) is 4.10. The molecule has 0 atom stereocenters. The van der Waals surface area contributed by atoms with E-state index in [-0.39, 0.29) is 11.8 Å². The number of amidine groups is 1. The molecule has 0 amide bonds. The largest absolute Gasteiger partial charge is 0.469 e. The molecule has 0 fully saturated rings. The molecule has 0 unspecified atom stereocenters. The number of nitrogens with zero attached hydrogens (tertiary/aromatic N) is 1. The summed E-state index contributed by atoms with van der Waals surface area (Å²) in [5.74, 6) is -0.200. The minimum Gasteiger partial charge on any atom is -0.469 e. The van der Waals surface area contributed by atoms with E-state index in [2.05, 4.69) is 14.9 Å². The van der Waals surface area contributed by atoms with Gasteiger partial charge in [-0.3, -0.25) is 4.79 Å². The van der Waals surface area contributed by atoms with Crippen LogP contribution in [0.4, 0.5) is 0 Å². The molecule has 0 saturated heterocycles. The molecule has 0 saturated carbocycles. The highest BCUT2D eigenvalue weighted by Gasteiger charge is 2.11. The second kappa shape index (κ2) is 5.43. The average molecular weight is 261 g/mol. The zero-order valence-corrected chi connectivity index (χ0v) is 10.5. The van der Waals surface area contributed by atoms with Gasteiger partial charge in [-0.25, -0.2) is 0 Å². The summed E-state index contributed by atoms with van der Waals surface area (Å²) in [4.78, 5) is 14.2. The Balaban J connectivity index is 2.36. The molecule has 0 aliphatic carbocycles. The van der Waals surface area contributed by atoms with Crippen molar-refractivity contribution < 1.29 is 14.7 Å². The monoisotopic (exact) mass is 261 g/mol. The van der Waals surface area contributed by atoms with Crippen molar-refractivity contribution in [3.63, 3.8) is 0 Å². The third-order valence-electron chi connectivity index (χ3n) is 3.01. The van der Waals surface area contributed by atoms with Crippen LogP contribution in [0.2, 0.25) is 0 Å². The molecule has 0 aliphatic heterocycles. The number of oxime groups is 1. The van der Waals surface area contributed by atoms with Gasteiger partial charge in [0.25, 0.3) is 0 Å². The quantitative estimate of drug-likeness (QED) is 0.254. The first-order valence-corrected chi connectivity index (χ1v) is 5.81. The molecule has 19 heavy (non-hydrogen) atoms. The Morgan fingerprint density at radius 1 is 1.53 bits per heavy atom. The molecule has 2 rings (SSSR count). The lowest BCUT2D eigenvalue weighted by Crippen LogP contribution is -2.13. The van der Waals surface area contributed by atoms with Crippen LogP contribution in [0.5, 0.6) is 0 Å². The Morgan fingerprint density at radius 2 is 2.32 bits per heavy atom. The van der Waals surface area contributed by atoms with Crippen LogP contribution in [0.3, 0.4) is 0 Å². The Bertz CT molecular complexity index is 631. The number of ether oxygens (including phenoxy) is 1. The molecule has 0 aliphatic rings. The van der Waals surface area contributed by atoms with Crippen molar-refractivity contribution in [3.8, 4) is 0 Å². The molecule has 1 aromatic carbocycles. The van der Waals surface area contributed by atoms with Gasteiger partial charge in [0, 0.05) is 23.6 Å². The Labute approximate surface area is 109 Å². The van der Waals surface area contributed by atoms with Crippen LogP contribution in [0.1, 0.15) is 17.5 Å². The van der Waals surface area contributed by atoms with Crippen molar-refractivity contribution in [2.75, 3.05) is 7.11 Å². The highest BCUT2D eigenvalue weighted by atomic mass is 16.5. The molecule has 1 aromatic heterocycles. The number of hydrogen-bond acceptors (Lipinski definition) is 4. The van der Waals surface area contributed by atoms with Crippen LogP contribution in [-0.4, -0.2) is 29.1 Å². The molecule has 4 N–H and O–H groups in total. The number of aromatic nitrogens is 1. The molecule has 6 heteroatoms. The normalized spacial score (nSPS) is 11.7. The second-order valence-corrected chi connectivity index (χ2v) is 4.10. The maximum Gasteiger partial charge on any atom is 0.305 e. The van der Waals surface area contributed by atoms with Crippen LogP contribution >= 0.6 is 0 Å². The highest BCUT2D eigenvalue weighted by Crippen LogP contribution is 2.22. The van der Waals surface area contributed by atoms with E-state index in [1.54, 1.807) is 6.07 Å². The standard InChI is InChI=1S/C13H15N3O3/c1-19-11(17)6-5-8-7-15-12-9(8)3-2-4-10(12)13(14)16-18/h2-4,7,15,18H,5-6H2,1H3,(H2,14,16). The number of aryl methyl sites for hydroxylation is 1. The summed E-state index contributed by atoms with van der Waals surface area (Å²) in [5.41, 5.74) is 8.03. The number of carbonyl (C=O) groups is 1. The average Bonchev–Trinajstić information content (AvgIpc) is 2.86. The summed E-state index contributed by atoms with van der Waals surface area (Å²) in [6.45, 7) is 0. The number of para-hydroxylation sites is 1. The molecule has 100 valence electrons. The van der Waals surface area contributed by atoms with Gasteiger partial charge in [0.2, 0.25) is 0 Å². The summed E-state index contributed by atoms with van der Waals surface area (Å²) in [5, 5.41) is 12.7. The zero-order valence-electron chi connectivity index (χ0n) is 10.5. The van der Waals surface area contributed by atoms with Gasteiger partial charge in [-0.2, -0.15) is 0 Å². The first kappa shape index (κ1) is 12.9. The summed E-state index contributed by atoms with van der Waals surface area (Å²) in [6.07, 6.45) is 2.71. The third kappa shape index (κ3) is 2.52. The molecule has 0 spiro atoms. The Kier molecular flexibility index (Phi) is 3.70.